The van der Waals surface area contributed by atoms with E-state index in [1.165, 1.54) is 31.2 Å². The van der Waals surface area contributed by atoms with Gasteiger partial charge in [0.2, 0.25) is 0 Å². The van der Waals surface area contributed by atoms with Crippen LogP contribution in [0.15, 0.2) is 60.9 Å². The summed E-state index contributed by atoms with van der Waals surface area (Å²) in [4.78, 5) is 25.9. The van der Waals surface area contributed by atoms with E-state index in [1.807, 2.05) is 13.0 Å². The van der Waals surface area contributed by atoms with Crippen molar-refractivity contribution in [2.24, 2.45) is 0 Å². The molecule has 4 aromatic rings. The molecular formula is C25H23F2N5O2. The lowest BCUT2D eigenvalue weighted by molar-refractivity contribution is -0.00824. The summed E-state index contributed by atoms with van der Waals surface area (Å²) in [6.45, 7) is 4.82. The van der Waals surface area contributed by atoms with E-state index in [2.05, 4.69) is 20.3 Å². The van der Waals surface area contributed by atoms with Gasteiger partial charge in [0.25, 0.3) is 11.8 Å². The van der Waals surface area contributed by atoms with Crippen molar-refractivity contribution in [2.45, 2.75) is 33.1 Å². The second-order valence-electron chi connectivity index (χ2n) is 7.85. The number of aryl methyl sites for hydroxylation is 2. The van der Waals surface area contributed by atoms with Crippen LogP contribution in [0.2, 0.25) is 0 Å². The van der Waals surface area contributed by atoms with Crippen molar-refractivity contribution in [1.82, 2.24) is 19.7 Å². The van der Waals surface area contributed by atoms with E-state index in [1.54, 1.807) is 37.5 Å². The molecule has 2 heterocycles. The zero-order valence-electron chi connectivity index (χ0n) is 18.9. The standard InChI is InChI=1S/C25H23F2N5O2/c1-4-25(26,27)19-9-6-10-20(14-19)31-24(33)22-16(3)30-23(32(22)34)18-8-5-7-17(13-18)21-15(2)28-11-12-29-21/h5-14,34H,4H2,1-3H3,(H,31,33). The number of amides is 1. The van der Waals surface area contributed by atoms with Crippen LogP contribution in [0.3, 0.4) is 0 Å². The van der Waals surface area contributed by atoms with Gasteiger partial charge in [-0.15, -0.1) is 0 Å². The molecule has 0 saturated carbocycles. The number of carbonyl (C=O) groups is 1. The van der Waals surface area contributed by atoms with Crippen molar-refractivity contribution < 1.29 is 18.8 Å². The van der Waals surface area contributed by atoms with Gasteiger partial charge in [0.15, 0.2) is 11.5 Å². The van der Waals surface area contributed by atoms with E-state index < -0.39 is 11.8 Å². The number of carbonyl (C=O) groups excluding carboxylic acids is 1. The molecule has 0 atom stereocenters. The third kappa shape index (κ3) is 4.36. The minimum atomic E-state index is -3.00. The lowest BCUT2D eigenvalue weighted by Crippen LogP contribution is -2.18. The van der Waals surface area contributed by atoms with Gasteiger partial charge in [-0.1, -0.05) is 37.3 Å². The first kappa shape index (κ1) is 23.0. The van der Waals surface area contributed by atoms with E-state index in [0.29, 0.717) is 16.0 Å². The zero-order valence-corrected chi connectivity index (χ0v) is 18.9. The molecule has 2 aromatic heterocycles. The fraction of sp³-hybridized carbons (Fsp3) is 0.200. The molecule has 0 saturated heterocycles. The average molecular weight is 463 g/mol. The van der Waals surface area contributed by atoms with E-state index in [4.69, 9.17) is 0 Å². The Labute approximate surface area is 195 Å². The van der Waals surface area contributed by atoms with Crippen molar-refractivity contribution in [1.29, 1.82) is 0 Å². The van der Waals surface area contributed by atoms with E-state index in [9.17, 15) is 18.8 Å². The third-order valence-corrected chi connectivity index (χ3v) is 5.51. The number of halogens is 2. The number of anilines is 1. The van der Waals surface area contributed by atoms with Crippen molar-refractivity contribution in [3.63, 3.8) is 0 Å². The summed E-state index contributed by atoms with van der Waals surface area (Å²) in [6, 6.07) is 12.7. The molecule has 2 N–H and O–H groups in total. The maximum atomic E-state index is 14.0. The van der Waals surface area contributed by atoms with Crippen LogP contribution in [0.5, 0.6) is 0 Å². The number of imidazole rings is 1. The number of nitrogens with one attached hydrogen (secondary N) is 1. The largest absolute Gasteiger partial charge is 0.426 e. The van der Waals surface area contributed by atoms with Gasteiger partial charge in [0, 0.05) is 41.2 Å². The number of benzene rings is 2. The van der Waals surface area contributed by atoms with Crippen LogP contribution in [0.25, 0.3) is 22.6 Å². The zero-order chi connectivity index (χ0) is 24.5. The molecule has 2 aromatic carbocycles. The minimum Gasteiger partial charge on any atom is -0.426 e. The summed E-state index contributed by atoms with van der Waals surface area (Å²) in [5, 5.41) is 13.4. The Morgan fingerprint density at radius 3 is 2.47 bits per heavy atom. The molecule has 174 valence electrons. The molecule has 0 aliphatic carbocycles. The molecule has 1 amide bonds. The molecule has 9 heteroatoms. The second kappa shape index (κ2) is 9.01. The van der Waals surface area contributed by atoms with Crippen molar-refractivity contribution >= 4 is 11.6 Å². The summed E-state index contributed by atoms with van der Waals surface area (Å²) in [5.41, 5.74) is 2.98. The predicted molar refractivity (Wildman–Crippen MR) is 124 cm³/mol. The Morgan fingerprint density at radius 2 is 1.74 bits per heavy atom. The average Bonchev–Trinajstić information content (AvgIpc) is 3.13. The minimum absolute atomic E-state index is 0.0938. The van der Waals surface area contributed by atoms with Crippen LogP contribution in [-0.4, -0.2) is 30.8 Å². The van der Waals surface area contributed by atoms with Crippen LogP contribution in [0, 0.1) is 13.8 Å². The quantitative estimate of drug-likeness (QED) is 0.362. The summed E-state index contributed by atoms with van der Waals surface area (Å²) in [7, 11) is 0. The molecule has 4 rings (SSSR count). The van der Waals surface area contributed by atoms with Crippen LogP contribution in [0.1, 0.15) is 40.8 Å². The van der Waals surface area contributed by atoms with E-state index >= 15 is 0 Å². The highest BCUT2D eigenvalue weighted by molar-refractivity contribution is 6.04. The molecule has 34 heavy (non-hydrogen) atoms. The van der Waals surface area contributed by atoms with Gasteiger partial charge in [0.1, 0.15) is 0 Å². The van der Waals surface area contributed by atoms with Crippen LogP contribution in [-0.2, 0) is 5.92 Å². The van der Waals surface area contributed by atoms with Gasteiger partial charge in [0.05, 0.1) is 17.1 Å². The lowest BCUT2D eigenvalue weighted by Gasteiger charge is -2.15. The summed E-state index contributed by atoms with van der Waals surface area (Å²) < 4.78 is 28.8. The molecule has 0 aliphatic heterocycles. The molecule has 0 radical (unpaired) electrons. The van der Waals surface area contributed by atoms with Crippen molar-refractivity contribution in [3.8, 4) is 22.6 Å². The summed E-state index contributed by atoms with van der Waals surface area (Å²) in [5.74, 6) is -3.51. The van der Waals surface area contributed by atoms with Gasteiger partial charge < -0.3 is 10.5 Å². The Balaban J connectivity index is 1.65. The van der Waals surface area contributed by atoms with Gasteiger partial charge in [-0.3, -0.25) is 14.8 Å². The van der Waals surface area contributed by atoms with E-state index in [-0.39, 0.29) is 34.9 Å². The number of rotatable bonds is 6. The highest BCUT2D eigenvalue weighted by Gasteiger charge is 2.29. The lowest BCUT2D eigenvalue weighted by atomic mass is 10.1. The Bertz CT molecular complexity index is 1370. The van der Waals surface area contributed by atoms with Gasteiger partial charge in [-0.25, -0.2) is 13.8 Å². The molecule has 0 aliphatic rings. The first-order valence-corrected chi connectivity index (χ1v) is 10.7. The Hall–Kier alpha value is -4.14. The van der Waals surface area contributed by atoms with Crippen molar-refractivity contribution in [2.75, 3.05) is 5.32 Å². The molecule has 0 fully saturated rings. The first-order chi connectivity index (χ1) is 16.2. The number of hydrogen-bond donors (Lipinski definition) is 2. The number of hydrogen-bond acceptors (Lipinski definition) is 5. The molecule has 0 bridgehead atoms. The molecule has 0 unspecified atom stereocenters. The Morgan fingerprint density at radius 1 is 1.03 bits per heavy atom. The number of nitrogens with zero attached hydrogens (tertiary/aromatic N) is 4. The predicted octanol–water partition coefficient (Wildman–Crippen LogP) is 5.62. The fourth-order valence-electron chi connectivity index (χ4n) is 3.68. The summed E-state index contributed by atoms with van der Waals surface area (Å²) in [6.07, 6.45) is 2.85. The van der Waals surface area contributed by atoms with E-state index in [0.717, 1.165) is 11.3 Å². The van der Waals surface area contributed by atoms with Crippen molar-refractivity contribution in [3.05, 3.63) is 83.6 Å². The van der Waals surface area contributed by atoms with Crippen LogP contribution in [0.4, 0.5) is 14.5 Å². The molecule has 7 nitrogen and oxygen atoms in total. The second-order valence-corrected chi connectivity index (χ2v) is 7.85. The monoisotopic (exact) mass is 463 g/mol. The van der Waals surface area contributed by atoms with Crippen LogP contribution >= 0.6 is 0 Å². The van der Waals surface area contributed by atoms with Gasteiger partial charge >= 0.3 is 0 Å². The Kier molecular flexibility index (Phi) is 6.10. The maximum absolute atomic E-state index is 14.0. The first-order valence-electron chi connectivity index (χ1n) is 10.7. The number of alkyl halides is 2. The topological polar surface area (TPSA) is 92.9 Å². The highest BCUT2D eigenvalue weighted by Crippen LogP contribution is 2.33. The smallest absolute Gasteiger partial charge is 0.277 e. The molecule has 0 spiro atoms. The third-order valence-electron chi connectivity index (χ3n) is 5.51. The molecular weight excluding hydrogens is 440 g/mol. The maximum Gasteiger partial charge on any atom is 0.277 e. The van der Waals surface area contributed by atoms with Crippen LogP contribution < -0.4 is 5.32 Å². The highest BCUT2D eigenvalue weighted by atomic mass is 19.3. The number of aromatic nitrogens is 4. The SMILES string of the molecule is CCC(F)(F)c1cccc(NC(=O)c2c(C)nc(-c3cccc(-c4nccnc4C)c3)n2O)c1. The normalized spacial score (nSPS) is 11.4. The fourth-order valence-corrected chi connectivity index (χ4v) is 3.68. The summed E-state index contributed by atoms with van der Waals surface area (Å²) >= 11 is 0. The van der Waals surface area contributed by atoms with Gasteiger partial charge in [-0.05, 0) is 32.0 Å². The van der Waals surface area contributed by atoms with Gasteiger partial charge in [-0.2, -0.15) is 4.73 Å².